The maximum absolute atomic E-state index is 13.3. The van der Waals surface area contributed by atoms with E-state index in [9.17, 15) is 24.6 Å². The van der Waals surface area contributed by atoms with Crippen LogP contribution in [-0.4, -0.2) is 46.1 Å². The number of esters is 1. The van der Waals surface area contributed by atoms with Gasteiger partial charge < -0.3 is 14.9 Å². The van der Waals surface area contributed by atoms with E-state index in [4.69, 9.17) is 4.74 Å². The normalized spacial score (nSPS) is 40.2. The number of aliphatic hydroxyl groups excluding tert-OH is 2. The van der Waals surface area contributed by atoms with Crippen molar-refractivity contribution in [2.24, 2.45) is 28.6 Å². The fraction of sp³-hybridized carbons (Fsp3) is 0.828. The molecule has 6 nitrogen and oxygen atoms in total. The number of ketones is 2. The zero-order valence-corrected chi connectivity index (χ0v) is 21.8. The van der Waals surface area contributed by atoms with Gasteiger partial charge in [0.05, 0.1) is 6.10 Å². The molecule has 7 atom stereocenters. The van der Waals surface area contributed by atoms with Gasteiger partial charge in [0.15, 0.2) is 5.60 Å². The first-order valence-corrected chi connectivity index (χ1v) is 13.9. The van der Waals surface area contributed by atoms with Gasteiger partial charge in [0.25, 0.3) is 0 Å². The van der Waals surface area contributed by atoms with Gasteiger partial charge in [-0.25, -0.2) is 0 Å². The third-order valence-electron chi connectivity index (χ3n) is 10.4. The van der Waals surface area contributed by atoms with Crippen molar-refractivity contribution in [1.29, 1.82) is 0 Å². The Bertz CT molecular complexity index is 878. The van der Waals surface area contributed by atoms with Gasteiger partial charge in [0.1, 0.15) is 18.8 Å². The van der Waals surface area contributed by atoms with Gasteiger partial charge in [0, 0.05) is 11.8 Å². The Morgan fingerprint density at radius 1 is 1.14 bits per heavy atom. The largest absolute Gasteiger partial charge is 0.450 e. The van der Waals surface area contributed by atoms with Gasteiger partial charge >= 0.3 is 5.97 Å². The molecule has 3 saturated carbocycles. The van der Waals surface area contributed by atoms with Crippen molar-refractivity contribution in [1.82, 2.24) is 0 Å². The number of aliphatic hydroxyl groups is 2. The first-order chi connectivity index (χ1) is 16.6. The fourth-order valence-electron chi connectivity index (χ4n) is 8.73. The summed E-state index contributed by atoms with van der Waals surface area (Å²) in [5, 5.41) is 21.5. The van der Waals surface area contributed by atoms with Crippen LogP contribution in [0.3, 0.4) is 0 Å². The summed E-state index contributed by atoms with van der Waals surface area (Å²) in [6.45, 7) is 5.63. The van der Waals surface area contributed by atoms with Crippen LogP contribution in [0, 0.1) is 28.6 Å². The Kier molecular flexibility index (Phi) is 7.64. The molecular formula is C29H44O6. The Morgan fingerprint density at radius 2 is 1.91 bits per heavy atom. The second-order valence-electron chi connectivity index (χ2n) is 12.2. The van der Waals surface area contributed by atoms with E-state index in [1.54, 1.807) is 0 Å². The van der Waals surface area contributed by atoms with E-state index >= 15 is 0 Å². The van der Waals surface area contributed by atoms with Crippen molar-refractivity contribution in [3.63, 3.8) is 0 Å². The highest BCUT2D eigenvalue weighted by molar-refractivity contribution is 5.98. The van der Waals surface area contributed by atoms with E-state index < -0.39 is 35.5 Å². The standard InChI is InChI=1S/C29H44O6/c1-4-5-6-10-20(31)16-25(34)35-29(24(33)18-30)15-13-22-21-12-11-19-9-7-8-14-27(19,2)26(21)23(32)17-28(22,29)3/h9,21-23,26,30,32H,4-8,10-18H2,1-3H3. The molecule has 6 heteroatoms. The predicted molar refractivity (Wildman–Crippen MR) is 132 cm³/mol. The summed E-state index contributed by atoms with van der Waals surface area (Å²) in [6, 6.07) is 0. The topological polar surface area (TPSA) is 101 Å². The molecule has 0 amide bonds. The number of unbranched alkanes of at least 4 members (excludes halogenated alkanes) is 2. The van der Waals surface area contributed by atoms with Crippen LogP contribution < -0.4 is 0 Å². The minimum absolute atomic E-state index is 0.0181. The van der Waals surface area contributed by atoms with Crippen LogP contribution in [0.5, 0.6) is 0 Å². The minimum Gasteiger partial charge on any atom is -0.450 e. The Balaban J connectivity index is 1.59. The van der Waals surface area contributed by atoms with Crippen molar-refractivity contribution in [3.8, 4) is 0 Å². The number of carbonyl (C=O) groups excluding carboxylic acids is 3. The van der Waals surface area contributed by atoms with Crippen LogP contribution in [0.15, 0.2) is 11.6 Å². The van der Waals surface area contributed by atoms with Crippen molar-refractivity contribution in [2.45, 2.75) is 116 Å². The Hall–Kier alpha value is -1.53. The average molecular weight is 489 g/mol. The van der Waals surface area contributed by atoms with Crippen molar-refractivity contribution < 1.29 is 29.3 Å². The lowest BCUT2D eigenvalue weighted by Gasteiger charge is -2.60. The smallest absolute Gasteiger partial charge is 0.314 e. The van der Waals surface area contributed by atoms with Crippen LogP contribution >= 0.6 is 0 Å². The summed E-state index contributed by atoms with van der Waals surface area (Å²) >= 11 is 0. The van der Waals surface area contributed by atoms with Crippen molar-refractivity contribution >= 4 is 17.5 Å². The third kappa shape index (κ3) is 4.33. The van der Waals surface area contributed by atoms with Crippen LogP contribution in [0.2, 0.25) is 0 Å². The minimum atomic E-state index is -1.48. The number of allylic oxidation sites excluding steroid dienone is 2. The van der Waals surface area contributed by atoms with E-state index in [0.717, 1.165) is 57.8 Å². The lowest BCUT2D eigenvalue weighted by Crippen LogP contribution is -2.63. The van der Waals surface area contributed by atoms with Crippen LogP contribution in [0.25, 0.3) is 0 Å². The van der Waals surface area contributed by atoms with E-state index in [1.165, 1.54) is 5.57 Å². The maximum Gasteiger partial charge on any atom is 0.314 e. The van der Waals surface area contributed by atoms with Crippen LogP contribution in [-0.2, 0) is 19.1 Å². The molecule has 2 N–H and O–H groups in total. The molecule has 0 aromatic rings. The molecule has 0 heterocycles. The fourth-order valence-corrected chi connectivity index (χ4v) is 8.73. The Labute approximate surface area is 209 Å². The van der Waals surface area contributed by atoms with Gasteiger partial charge in [0.2, 0.25) is 5.78 Å². The van der Waals surface area contributed by atoms with Crippen molar-refractivity contribution in [3.05, 3.63) is 11.6 Å². The van der Waals surface area contributed by atoms with Crippen LogP contribution in [0.4, 0.5) is 0 Å². The summed E-state index contributed by atoms with van der Waals surface area (Å²) in [7, 11) is 0. The quantitative estimate of drug-likeness (QED) is 0.211. The van der Waals surface area contributed by atoms with Crippen molar-refractivity contribution in [2.75, 3.05) is 6.61 Å². The highest BCUT2D eigenvalue weighted by Gasteiger charge is 2.70. The zero-order valence-electron chi connectivity index (χ0n) is 21.8. The molecule has 0 spiro atoms. The molecular weight excluding hydrogens is 444 g/mol. The molecule has 196 valence electrons. The molecule has 0 aromatic heterocycles. The Morgan fingerprint density at radius 3 is 2.63 bits per heavy atom. The summed E-state index contributed by atoms with van der Waals surface area (Å²) in [5.41, 5.74) is -0.782. The van der Waals surface area contributed by atoms with E-state index in [-0.39, 0.29) is 35.4 Å². The van der Waals surface area contributed by atoms with Gasteiger partial charge in [-0.15, -0.1) is 0 Å². The van der Waals surface area contributed by atoms with E-state index in [2.05, 4.69) is 19.9 Å². The second-order valence-corrected chi connectivity index (χ2v) is 12.2. The zero-order chi connectivity index (χ0) is 25.4. The monoisotopic (exact) mass is 488 g/mol. The summed E-state index contributed by atoms with van der Waals surface area (Å²) in [6.07, 6.45) is 11.2. The summed E-state index contributed by atoms with van der Waals surface area (Å²) < 4.78 is 5.97. The molecule has 4 rings (SSSR count). The first kappa shape index (κ1) is 26.5. The molecule has 35 heavy (non-hydrogen) atoms. The lowest BCUT2D eigenvalue weighted by molar-refractivity contribution is -0.202. The number of Topliss-reactive ketones (excluding diaryl/α,β-unsaturated/α-hetero) is 2. The van der Waals surface area contributed by atoms with Crippen LogP contribution in [0.1, 0.15) is 104 Å². The molecule has 0 radical (unpaired) electrons. The number of ether oxygens (including phenoxy) is 1. The maximum atomic E-state index is 13.3. The van der Waals surface area contributed by atoms with Gasteiger partial charge in [-0.3, -0.25) is 14.4 Å². The SMILES string of the molecule is CCCCCC(=O)CC(=O)OC1(C(=O)CO)CCC2C3CCC4=CCCCC4(C)C3C(O)CC21C. The van der Waals surface area contributed by atoms with E-state index in [1.807, 2.05) is 6.92 Å². The van der Waals surface area contributed by atoms with E-state index in [0.29, 0.717) is 19.3 Å². The molecule has 7 unspecified atom stereocenters. The number of fused-ring (bicyclic) bond motifs is 5. The average Bonchev–Trinajstić information content (AvgIpc) is 3.10. The predicted octanol–water partition coefficient (Wildman–Crippen LogP) is 4.69. The molecule has 0 saturated heterocycles. The van der Waals surface area contributed by atoms with Gasteiger partial charge in [-0.05, 0) is 81.0 Å². The second kappa shape index (κ2) is 10.1. The highest BCUT2D eigenvalue weighted by Crippen LogP contribution is 2.68. The molecule has 0 aliphatic heterocycles. The number of carbonyl (C=O) groups is 3. The molecule has 0 bridgehead atoms. The van der Waals surface area contributed by atoms with Gasteiger partial charge in [-0.1, -0.05) is 45.3 Å². The van der Waals surface area contributed by atoms with Gasteiger partial charge in [-0.2, -0.15) is 0 Å². The molecule has 4 aliphatic carbocycles. The first-order valence-electron chi connectivity index (χ1n) is 13.9. The number of rotatable bonds is 9. The third-order valence-corrected chi connectivity index (χ3v) is 10.4. The summed E-state index contributed by atoms with van der Waals surface area (Å²) in [4.78, 5) is 38.6. The molecule has 0 aromatic carbocycles. The molecule has 3 fully saturated rings. The summed E-state index contributed by atoms with van der Waals surface area (Å²) in [5.74, 6) is -0.848. The number of hydrogen-bond donors (Lipinski definition) is 2. The highest BCUT2D eigenvalue weighted by atomic mass is 16.6. The molecule has 4 aliphatic rings. The lowest BCUT2D eigenvalue weighted by atomic mass is 9.45. The number of hydrogen-bond acceptors (Lipinski definition) is 6.